The van der Waals surface area contributed by atoms with E-state index in [1.807, 2.05) is 0 Å². The fourth-order valence-corrected chi connectivity index (χ4v) is 10.7. The number of aliphatic hydroxyl groups is 2. The molecule has 6 aromatic carbocycles. The number of hydrogen-bond acceptors (Lipinski definition) is 12. The minimum absolute atomic E-state index is 0.000118. The largest absolute Gasteiger partial charge is 0.508 e. The number of halogens is 1. The molecule has 0 radical (unpaired) electrons. The van der Waals surface area contributed by atoms with Crippen molar-refractivity contribution in [3.8, 4) is 91.3 Å². The van der Waals surface area contributed by atoms with E-state index >= 15 is 0 Å². The second-order valence-electron chi connectivity index (χ2n) is 19.7. The number of aliphatic hydroxyl groups excluding tert-OH is 2. The first-order chi connectivity index (χ1) is 36.7. The summed E-state index contributed by atoms with van der Waals surface area (Å²) in [7, 11) is 0. The molecule has 2 heterocycles. The van der Waals surface area contributed by atoms with Gasteiger partial charge in [0.2, 0.25) is 0 Å². The highest BCUT2D eigenvalue weighted by Gasteiger charge is 2.21. The van der Waals surface area contributed by atoms with Crippen LogP contribution in [0.3, 0.4) is 0 Å². The van der Waals surface area contributed by atoms with E-state index in [0.29, 0.717) is 57.7 Å². The van der Waals surface area contributed by atoms with Crippen molar-refractivity contribution in [2.75, 3.05) is 25.7 Å². The molecule has 0 aliphatic heterocycles. The van der Waals surface area contributed by atoms with E-state index in [1.54, 1.807) is 18.2 Å². The van der Waals surface area contributed by atoms with Crippen LogP contribution < -0.4 is 4.74 Å². The zero-order valence-electron chi connectivity index (χ0n) is 42.2. The molecule has 4 aliphatic rings. The second-order valence-corrected chi connectivity index (χ2v) is 20.1. The molecule has 0 atom stereocenters. The highest BCUT2D eigenvalue weighted by Crippen LogP contribution is 2.37. The average molecular weight is 1020 g/mol. The summed E-state index contributed by atoms with van der Waals surface area (Å²) in [5.74, 6) is 4.01. The lowest BCUT2D eigenvalue weighted by Gasteiger charge is -2.18. The van der Waals surface area contributed by atoms with Gasteiger partial charge < -0.3 is 30.3 Å². The van der Waals surface area contributed by atoms with Crippen molar-refractivity contribution in [3.05, 3.63) is 154 Å². The Bertz CT molecular complexity index is 3170. The molecule has 5 N–H and O–H groups in total. The smallest absolute Gasteiger partial charge is 0.167 e. The molecule has 0 unspecified atom stereocenters. The lowest BCUT2D eigenvalue weighted by molar-refractivity contribution is 0.201. The third kappa shape index (κ3) is 12.2. The summed E-state index contributed by atoms with van der Waals surface area (Å²) in [6, 6.07) is 35.6. The van der Waals surface area contributed by atoms with Gasteiger partial charge in [-0.15, -0.1) is 11.6 Å². The number of alkyl halides is 1. The normalized spacial score (nSPS) is 14.4. The topological polar surface area (TPSA) is 188 Å². The lowest BCUT2D eigenvalue weighted by Crippen LogP contribution is -2.05. The molecule has 0 amide bonds. The standard InChI is InChI=1S/C31H31N3O3.C29H27N3O2.C2H5ClO/c35-15-16-37-26-13-14-27(28(36)19-26)31-33-29(24-11-9-20-5-1-3-7-22(20)17-24)32-30(34-31)25-12-10-21-6-2-4-8-23(21)18-25;33-24-13-14-25(26(34)17-24)29-31-27(22-11-9-18-5-1-3-7-20(18)15-22)30-28(32-29)23-12-10-19-6-2-4-8-21(19)16-23;3-1-2-4/h9-14,17-19,35-36H,1-8,15-16H2;9-17,33-34H,1-8H2;4H,1-2H2. The fraction of sp³-hybridized carbons (Fsp3) is 0.323. The predicted octanol–water partition coefficient (Wildman–Crippen LogP) is 12.0. The number of fused-ring (bicyclic) bond motifs is 4. The lowest BCUT2D eigenvalue weighted by atomic mass is 9.90. The van der Waals surface area contributed by atoms with Crippen LogP contribution in [0.2, 0.25) is 0 Å². The Morgan fingerprint density at radius 2 is 0.680 bits per heavy atom. The molecule has 4 aliphatic carbocycles. The van der Waals surface area contributed by atoms with Gasteiger partial charge in [-0.3, -0.25) is 0 Å². The molecule has 8 aromatic rings. The molecular weight excluding hydrogens is 960 g/mol. The number of aromatic nitrogens is 6. The van der Waals surface area contributed by atoms with Crippen LogP contribution in [0.15, 0.2) is 109 Å². The van der Waals surface area contributed by atoms with E-state index in [9.17, 15) is 15.3 Å². The molecular formula is C62H63ClN6O6. The maximum Gasteiger partial charge on any atom is 0.167 e. The van der Waals surface area contributed by atoms with E-state index in [2.05, 4.69) is 72.8 Å². The number of benzene rings is 6. The molecule has 2 aromatic heterocycles. The Balaban J connectivity index is 0.000000160. The highest BCUT2D eigenvalue weighted by atomic mass is 35.5. The van der Waals surface area contributed by atoms with Crippen molar-refractivity contribution in [2.45, 2.75) is 103 Å². The van der Waals surface area contributed by atoms with Gasteiger partial charge in [0.25, 0.3) is 0 Å². The SMILES string of the molecule is OCCCl.OCCOc1ccc(-c2nc(-c3ccc4c(c3)CCCC4)nc(-c3ccc4c(c3)CCCC4)n2)c(O)c1.Oc1ccc(-c2nc(-c3ccc4c(c3)CCCC4)nc(-c3ccc4c(c3)CCCC4)n2)c(O)c1. The van der Waals surface area contributed by atoms with Crippen LogP contribution in [0.4, 0.5) is 0 Å². The number of aromatic hydroxyl groups is 3. The summed E-state index contributed by atoms with van der Waals surface area (Å²) in [4.78, 5) is 29.0. The molecule has 0 saturated heterocycles. The minimum Gasteiger partial charge on any atom is -0.508 e. The fourth-order valence-electron chi connectivity index (χ4n) is 10.7. The Kier molecular flexibility index (Phi) is 16.4. The molecule has 12 rings (SSSR count). The van der Waals surface area contributed by atoms with E-state index in [-0.39, 0.29) is 37.1 Å². The number of hydrogen-bond donors (Lipinski definition) is 5. The van der Waals surface area contributed by atoms with E-state index in [4.69, 9.17) is 56.5 Å². The van der Waals surface area contributed by atoms with Gasteiger partial charge in [-0.1, -0.05) is 48.5 Å². The number of phenolic OH excluding ortho intramolecular Hbond substituents is 3. The molecule has 13 heteroatoms. The number of phenols is 3. The van der Waals surface area contributed by atoms with Gasteiger partial charge in [-0.05, 0) is 196 Å². The minimum atomic E-state index is -0.0930. The van der Waals surface area contributed by atoms with Crippen LogP contribution in [0.5, 0.6) is 23.0 Å². The first-order valence-electron chi connectivity index (χ1n) is 26.5. The number of nitrogens with zero attached hydrogens (tertiary/aromatic N) is 6. The zero-order chi connectivity index (χ0) is 51.7. The van der Waals surface area contributed by atoms with Crippen LogP contribution in [-0.2, 0) is 51.4 Å². The zero-order valence-corrected chi connectivity index (χ0v) is 43.0. The Labute approximate surface area is 443 Å². The predicted molar refractivity (Wildman–Crippen MR) is 294 cm³/mol. The van der Waals surface area contributed by atoms with Gasteiger partial charge in [-0.2, -0.15) is 0 Å². The third-order valence-corrected chi connectivity index (χ3v) is 14.7. The Hall–Kier alpha value is -7.25. The van der Waals surface area contributed by atoms with Crippen LogP contribution in [0.1, 0.15) is 95.9 Å². The van der Waals surface area contributed by atoms with Crippen molar-refractivity contribution in [1.82, 2.24) is 29.9 Å². The van der Waals surface area contributed by atoms with E-state index < -0.39 is 0 Å². The summed E-state index contributed by atoms with van der Waals surface area (Å²) >= 11 is 4.94. The summed E-state index contributed by atoms with van der Waals surface area (Å²) in [5, 5.41) is 47.9. The summed E-state index contributed by atoms with van der Waals surface area (Å²) in [6.07, 6.45) is 18.6. The molecule has 75 heavy (non-hydrogen) atoms. The molecule has 0 fully saturated rings. The molecule has 384 valence electrons. The first kappa shape index (κ1) is 51.2. The maximum absolute atomic E-state index is 10.8. The average Bonchev–Trinajstić information content (AvgIpc) is 3.46. The van der Waals surface area contributed by atoms with Crippen LogP contribution in [-0.4, -0.2) is 81.1 Å². The Morgan fingerprint density at radius 1 is 0.360 bits per heavy atom. The highest BCUT2D eigenvalue weighted by molar-refractivity contribution is 6.17. The van der Waals surface area contributed by atoms with Gasteiger partial charge in [0.1, 0.15) is 29.6 Å². The van der Waals surface area contributed by atoms with Crippen molar-refractivity contribution >= 4 is 11.6 Å². The van der Waals surface area contributed by atoms with E-state index in [0.717, 1.165) is 73.6 Å². The summed E-state index contributed by atoms with van der Waals surface area (Å²) in [5.41, 5.74) is 16.0. The van der Waals surface area contributed by atoms with E-state index in [1.165, 1.54) is 114 Å². The monoisotopic (exact) mass is 1020 g/mol. The Morgan fingerprint density at radius 3 is 1.00 bits per heavy atom. The van der Waals surface area contributed by atoms with Crippen molar-refractivity contribution < 1.29 is 30.3 Å². The molecule has 0 bridgehead atoms. The van der Waals surface area contributed by atoms with Gasteiger partial charge in [0.15, 0.2) is 34.9 Å². The van der Waals surface area contributed by atoms with Crippen molar-refractivity contribution in [1.29, 1.82) is 0 Å². The molecule has 0 saturated carbocycles. The maximum atomic E-state index is 10.8. The molecule has 12 nitrogen and oxygen atoms in total. The van der Waals surface area contributed by atoms with Crippen LogP contribution >= 0.6 is 11.6 Å². The molecule has 0 spiro atoms. The first-order valence-corrected chi connectivity index (χ1v) is 27.0. The van der Waals surface area contributed by atoms with Crippen molar-refractivity contribution in [3.63, 3.8) is 0 Å². The summed E-state index contributed by atoms with van der Waals surface area (Å²) in [6.45, 7) is 0.154. The number of aryl methyl sites for hydroxylation is 8. The number of rotatable bonds is 10. The van der Waals surface area contributed by atoms with Crippen LogP contribution in [0, 0.1) is 0 Å². The van der Waals surface area contributed by atoms with Gasteiger partial charge in [-0.25, -0.2) is 29.9 Å². The van der Waals surface area contributed by atoms with Gasteiger partial charge in [0.05, 0.1) is 24.3 Å². The van der Waals surface area contributed by atoms with Gasteiger partial charge in [0, 0.05) is 40.3 Å². The van der Waals surface area contributed by atoms with Crippen molar-refractivity contribution in [2.24, 2.45) is 0 Å². The van der Waals surface area contributed by atoms with Gasteiger partial charge >= 0.3 is 0 Å². The number of ether oxygens (including phenoxy) is 1. The van der Waals surface area contributed by atoms with Crippen LogP contribution in [0.25, 0.3) is 68.3 Å². The summed E-state index contributed by atoms with van der Waals surface area (Å²) < 4.78 is 5.46. The quantitative estimate of drug-likeness (QED) is 0.0817. The second kappa shape index (κ2) is 24.0. The third-order valence-electron chi connectivity index (χ3n) is 14.6.